The van der Waals surface area contributed by atoms with Gasteiger partial charge in [0.1, 0.15) is 0 Å². The molecular weight excluding hydrogens is 378 g/mol. The Labute approximate surface area is 158 Å². The highest BCUT2D eigenvalue weighted by Gasteiger charge is 2.54. The number of carbonyl (C=O) groups excluding carboxylic acids is 1. The molecule has 3 unspecified atom stereocenters. The van der Waals surface area contributed by atoms with Crippen LogP contribution in [0.5, 0.6) is 0 Å². The van der Waals surface area contributed by atoms with Gasteiger partial charge in [-0.25, -0.2) is 4.79 Å². The Bertz CT molecular complexity index is 776. The second-order valence-electron chi connectivity index (χ2n) is 7.80. The summed E-state index contributed by atoms with van der Waals surface area (Å²) in [7, 11) is -5.85. The van der Waals surface area contributed by atoms with Crippen molar-refractivity contribution in [1.82, 2.24) is 0 Å². The topological polar surface area (TPSA) is 80.7 Å². The van der Waals surface area contributed by atoms with Gasteiger partial charge in [-0.15, -0.1) is 0 Å². The molecule has 0 bridgehead atoms. The number of rotatable bonds is 6. The number of benzene rings is 1. The van der Waals surface area contributed by atoms with Gasteiger partial charge in [0, 0.05) is 0 Å². The SMILES string of the molecule is CCC1CC(COC(=O)C(F)(F)S(=O)(=O)O)CC(C)(c2ccc(C)cc2)C1. The van der Waals surface area contributed by atoms with E-state index in [4.69, 9.17) is 4.55 Å². The van der Waals surface area contributed by atoms with Gasteiger partial charge in [-0.1, -0.05) is 50.1 Å². The van der Waals surface area contributed by atoms with E-state index in [-0.39, 0.29) is 17.9 Å². The van der Waals surface area contributed by atoms with Crippen molar-refractivity contribution >= 4 is 16.1 Å². The summed E-state index contributed by atoms with van der Waals surface area (Å²) in [6, 6.07) is 8.17. The lowest BCUT2D eigenvalue weighted by Gasteiger charge is -2.42. The van der Waals surface area contributed by atoms with Crippen molar-refractivity contribution in [3.63, 3.8) is 0 Å². The second-order valence-corrected chi connectivity index (χ2v) is 9.26. The molecule has 2 rings (SSSR count). The predicted molar refractivity (Wildman–Crippen MR) is 97.1 cm³/mol. The molecule has 1 saturated carbocycles. The Morgan fingerprint density at radius 2 is 1.81 bits per heavy atom. The maximum Gasteiger partial charge on any atom is 0.465 e. The van der Waals surface area contributed by atoms with E-state index < -0.39 is 21.3 Å². The lowest BCUT2D eigenvalue weighted by atomic mass is 9.63. The summed E-state index contributed by atoms with van der Waals surface area (Å²) in [4.78, 5) is 11.5. The molecule has 0 saturated heterocycles. The lowest BCUT2D eigenvalue weighted by molar-refractivity contribution is -0.163. The molecule has 5 nitrogen and oxygen atoms in total. The Kier molecular flexibility index (Phi) is 6.31. The predicted octanol–water partition coefficient (Wildman–Crippen LogP) is 4.10. The number of esters is 1. The quantitative estimate of drug-likeness (QED) is 0.570. The largest absolute Gasteiger partial charge is 0.465 e. The fourth-order valence-corrected chi connectivity index (χ4v) is 4.28. The van der Waals surface area contributed by atoms with Crippen LogP contribution in [-0.2, 0) is 25.1 Å². The zero-order chi connectivity index (χ0) is 20.5. The molecule has 0 aromatic heterocycles. The number of hydrogen-bond donors (Lipinski definition) is 1. The van der Waals surface area contributed by atoms with Crippen LogP contribution in [0.25, 0.3) is 0 Å². The summed E-state index contributed by atoms with van der Waals surface area (Å²) in [6.07, 6.45) is 3.20. The molecule has 0 aliphatic heterocycles. The zero-order valence-electron chi connectivity index (χ0n) is 15.7. The summed E-state index contributed by atoms with van der Waals surface area (Å²) in [5.74, 6) is -2.06. The molecule has 0 radical (unpaired) electrons. The molecule has 1 aliphatic rings. The first-order chi connectivity index (χ1) is 12.4. The number of alkyl halides is 2. The molecule has 0 spiro atoms. The van der Waals surface area contributed by atoms with Crippen LogP contribution in [0.3, 0.4) is 0 Å². The fraction of sp³-hybridized carbons (Fsp3) is 0.632. The Morgan fingerprint density at radius 3 is 2.33 bits per heavy atom. The summed E-state index contributed by atoms with van der Waals surface area (Å²) in [5.41, 5.74) is 2.10. The van der Waals surface area contributed by atoms with Gasteiger partial charge in [-0.3, -0.25) is 4.55 Å². The Morgan fingerprint density at radius 1 is 1.26 bits per heavy atom. The maximum atomic E-state index is 13.4. The van der Waals surface area contributed by atoms with Crippen LogP contribution in [0.1, 0.15) is 50.7 Å². The van der Waals surface area contributed by atoms with Crippen molar-refractivity contribution in [1.29, 1.82) is 0 Å². The van der Waals surface area contributed by atoms with Crippen molar-refractivity contribution < 1.29 is 31.3 Å². The van der Waals surface area contributed by atoms with E-state index in [1.807, 2.05) is 19.1 Å². The number of halogens is 2. The van der Waals surface area contributed by atoms with Gasteiger partial charge in [0.15, 0.2) is 0 Å². The smallest absolute Gasteiger partial charge is 0.460 e. The van der Waals surface area contributed by atoms with Crippen LogP contribution < -0.4 is 0 Å². The highest BCUT2D eigenvalue weighted by molar-refractivity contribution is 7.87. The number of hydrogen-bond acceptors (Lipinski definition) is 4. The molecule has 152 valence electrons. The highest BCUT2D eigenvalue weighted by Crippen LogP contribution is 2.45. The number of aryl methyl sites for hydroxylation is 1. The van der Waals surface area contributed by atoms with Crippen molar-refractivity contribution in [2.45, 2.75) is 57.1 Å². The Hall–Kier alpha value is -1.54. The molecular formula is C19H26F2O5S. The van der Waals surface area contributed by atoms with E-state index in [0.29, 0.717) is 18.8 Å². The van der Waals surface area contributed by atoms with Crippen LogP contribution in [0, 0.1) is 18.8 Å². The highest BCUT2D eigenvalue weighted by atomic mass is 32.2. The molecule has 1 aromatic rings. The van der Waals surface area contributed by atoms with Crippen LogP contribution >= 0.6 is 0 Å². The van der Waals surface area contributed by atoms with Gasteiger partial charge < -0.3 is 4.74 Å². The standard InChI is InChI=1S/C19H26F2O5S/c1-4-14-9-15(12-26-17(22)19(20,21)27(23,24)25)11-18(3,10-14)16-7-5-13(2)6-8-16/h5-8,14-15H,4,9-12H2,1-3H3,(H,23,24,25). The van der Waals surface area contributed by atoms with Gasteiger partial charge in [0.2, 0.25) is 0 Å². The minimum Gasteiger partial charge on any atom is -0.460 e. The number of carbonyl (C=O) groups is 1. The van der Waals surface area contributed by atoms with Gasteiger partial charge >= 0.3 is 21.3 Å². The van der Waals surface area contributed by atoms with E-state index in [1.165, 1.54) is 0 Å². The second kappa shape index (κ2) is 7.83. The van der Waals surface area contributed by atoms with E-state index >= 15 is 0 Å². The normalized spacial score (nSPS) is 26.6. The fourth-order valence-electron chi connectivity index (χ4n) is 4.01. The van der Waals surface area contributed by atoms with Crippen LogP contribution in [0.4, 0.5) is 8.78 Å². The minimum atomic E-state index is -5.85. The van der Waals surface area contributed by atoms with E-state index in [1.54, 1.807) is 0 Å². The Balaban J connectivity index is 2.13. The monoisotopic (exact) mass is 404 g/mol. The average molecular weight is 404 g/mol. The molecule has 3 atom stereocenters. The van der Waals surface area contributed by atoms with Gasteiger partial charge in [-0.05, 0) is 49.0 Å². The van der Waals surface area contributed by atoms with Crippen molar-refractivity contribution in [3.05, 3.63) is 35.4 Å². The molecule has 1 N–H and O–H groups in total. The zero-order valence-corrected chi connectivity index (χ0v) is 16.6. The summed E-state index contributed by atoms with van der Waals surface area (Å²) < 4.78 is 61.1. The van der Waals surface area contributed by atoms with Gasteiger partial charge in [0.25, 0.3) is 0 Å². The first-order valence-corrected chi connectivity index (χ1v) is 10.4. The number of ether oxygens (including phenoxy) is 1. The third kappa shape index (κ3) is 4.85. The molecule has 1 aromatic carbocycles. The third-order valence-corrected chi connectivity index (χ3v) is 6.30. The molecule has 0 heterocycles. The summed E-state index contributed by atoms with van der Waals surface area (Å²) in [6.45, 7) is 5.86. The molecule has 27 heavy (non-hydrogen) atoms. The van der Waals surface area contributed by atoms with E-state index in [0.717, 1.165) is 24.0 Å². The van der Waals surface area contributed by atoms with Crippen molar-refractivity contribution in [2.24, 2.45) is 11.8 Å². The van der Waals surface area contributed by atoms with Gasteiger partial charge in [0.05, 0.1) is 6.61 Å². The maximum absolute atomic E-state index is 13.4. The minimum absolute atomic E-state index is 0.170. The molecule has 8 heteroatoms. The van der Waals surface area contributed by atoms with Crippen LogP contribution in [-0.4, -0.2) is 30.8 Å². The molecule has 1 fully saturated rings. The van der Waals surface area contributed by atoms with Crippen molar-refractivity contribution in [2.75, 3.05) is 6.61 Å². The van der Waals surface area contributed by atoms with E-state index in [2.05, 4.69) is 30.7 Å². The summed E-state index contributed by atoms with van der Waals surface area (Å²) in [5, 5.41) is -4.95. The first-order valence-electron chi connectivity index (χ1n) is 8.98. The van der Waals surface area contributed by atoms with E-state index in [9.17, 15) is 22.0 Å². The van der Waals surface area contributed by atoms with Crippen LogP contribution in [0.15, 0.2) is 24.3 Å². The lowest BCUT2D eigenvalue weighted by Crippen LogP contribution is -2.41. The third-order valence-electron chi connectivity index (χ3n) is 5.48. The average Bonchev–Trinajstić information content (AvgIpc) is 2.58. The van der Waals surface area contributed by atoms with Gasteiger partial charge in [-0.2, -0.15) is 17.2 Å². The molecule has 1 aliphatic carbocycles. The molecule has 0 amide bonds. The summed E-state index contributed by atoms with van der Waals surface area (Å²) >= 11 is 0. The van der Waals surface area contributed by atoms with Crippen molar-refractivity contribution in [3.8, 4) is 0 Å². The first kappa shape index (κ1) is 21.8. The van der Waals surface area contributed by atoms with Crippen LogP contribution in [0.2, 0.25) is 0 Å².